The van der Waals surface area contributed by atoms with E-state index in [2.05, 4.69) is 21.2 Å². The lowest BCUT2D eigenvalue weighted by Gasteiger charge is -2.15. The van der Waals surface area contributed by atoms with E-state index >= 15 is 0 Å². The Hall–Kier alpha value is -1.72. The molecule has 2 aromatic carbocycles. The smallest absolute Gasteiger partial charge is 0.258 e. The molecule has 24 heavy (non-hydrogen) atoms. The van der Waals surface area contributed by atoms with E-state index in [-0.39, 0.29) is 18.6 Å². The van der Waals surface area contributed by atoms with E-state index in [9.17, 15) is 4.79 Å². The highest BCUT2D eigenvalue weighted by atomic mass is 79.9. The Labute approximate surface area is 155 Å². The third-order valence-electron chi connectivity index (χ3n) is 3.18. The number of benzene rings is 2. The van der Waals surface area contributed by atoms with Crippen molar-refractivity contribution >= 4 is 33.4 Å². The number of hydrogen-bond acceptors (Lipinski definition) is 3. The average Bonchev–Trinajstić information content (AvgIpc) is 2.53. The van der Waals surface area contributed by atoms with Crippen LogP contribution in [0.5, 0.6) is 11.5 Å². The van der Waals surface area contributed by atoms with Crippen LogP contribution in [0.2, 0.25) is 5.02 Å². The van der Waals surface area contributed by atoms with Gasteiger partial charge >= 0.3 is 0 Å². The normalized spacial score (nSPS) is 11.7. The molecular formula is C18H19BrClNO3. The van der Waals surface area contributed by atoms with E-state index in [4.69, 9.17) is 21.1 Å². The number of aryl methyl sites for hydroxylation is 1. The Morgan fingerprint density at radius 3 is 2.58 bits per heavy atom. The van der Waals surface area contributed by atoms with Crippen molar-refractivity contribution in [3.8, 4) is 11.5 Å². The quantitative estimate of drug-likeness (QED) is 0.734. The van der Waals surface area contributed by atoms with E-state index in [1.54, 1.807) is 18.2 Å². The van der Waals surface area contributed by atoms with Crippen LogP contribution in [0.25, 0.3) is 0 Å². The molecule has 128 valence electrons. The largest absolute Gasteiger partial charge is 0.491 e. The van der Waals surface area contributed by atoms with E-state index < -0.39 is 0 Å². The van der Waals surface area contributed by atoms with Crippen LogP contribution in [0.4, 0.5) is 0 Å². The summed E-state index contributed by atoms with van der Waals surface area (Å²) in [6.45, 7) is 4.21. The molecule has 2 rings (SSSR count). The number of rotatable bonds is 7. The first-order chi connectivity index (χ1) is 11.4. The van der Waals surface area contributed by atoms with Crippen molar-refractivity contribution in [2.45, 2.75) is 19.9 Å². The Morgan fingerprint density at radius 1 is 1.21 bits per heavy atom. The Kier molecular flexibility index (Phi) is 6.94. The van der Waals surface area contributed by atoms with Crippen LogP contribution in [-0.4, -0.2) is 25.2 Å². The van der Waals surface area contributed by atoms with E-state index in [0.717, 1.165) is 5.75 Å². The van der Waals surface area contributed by atoms with Gasteiger partial charge in [-0.2, -0.15) is 0 Å². The summed E-state index contributed by atoms with van der Waals surface area (Å²) in [5, 5.41) is 3.43. The number of carbonyl (C=O) groups is 1. The van der Waals surface area contributed by atoms with Crippen LogP contribution < -0.4 is 14.8 Å². The third-order valence-corrected chi connectivity index (χ3v) is 4.04. The second-order valence-electron chi connectivity index (χ2n) is 5.46. The number of amides is 1. The summed E-state index contributed by atoms with van der Waals surface area (Å²) in [5.74, 6) is 1.14. The molecule has 0 unspecified atom stereocenters. The van der Waals surface area contributed by atoms with Gasteiger partial charge in [-0.05, 0) is 60.1 Å². The second-order valence-corrected chi connectivity index (χ2v) is 6.75. The first kappa shape index (κ1) is 18.6. The summed E-state index contributed by atoms with van der Waals surface area (Å²) < 4.78 is 11.8. The molecular weight excluding hydrogens is 394 g/mol. The molecule has 1 amide bonds. The van der Waals surface area contributed by atoms with Gasteiger partial charge in [0.05, 0.1) is 10.5 Å². The standard InChI is InChI=1S/C18H19BrClNO3/c1-12-3-6-15(7-4-12)23-10-13(2)21-18(22)11-24-17-8-5-14(20)9-16(17)19/h3-9,13H,10-11H2,1-2H3,(H,21,22)/t13-/m1/s1. The third kappa shape index (κ3) is 6.06. The number of carbonyl (C=O) groups excluding carboxylic acids is 1. The lowest BCUT2D eigenvalue weighted by Crippen LogP contribution is -2.39. The highest BCUT2D eigenvalue weighted by molar-refractivity contribution is 9.10. The molecule has 0 saturated heterocycles. The fourth-order valence-corrected chi connectivity index (χ4v) is 2.75. The van der Waals surface area contributed by atoms with Gasteiger partial charge in [-0.3, -0.25) is 4.79 Å². The van der Waals surface area contributed by atoms with E-state index in [1.165, 1.54) is 5.56 Å². The van der Waals surface area contributed by atoms with Gasteiger partial charge in [0.1, 0.15) is 18.1 Å². The molecule has 4 nitrogen and oxygen atoms in total. The molecule has 0 aromatic heterocycles. The van der Waals surface area contributed by atoms with Gasteiger partial charge < -0.3 is 14.8 Å². The molecule has 0 saturated carbocycles. The first-order valence-corrected chi connectivity index (χ1v) is 8.68. The number of hydrogen-bond donors (Lipinski definition) is 1. The van der Waals surface area contributed by atoms with Gasteiger partial charge in [0.15, 0.2) is 6.61 Å². The van der Waals surface area contributed by atoms with Crippen molar-refractivity contribution in [1.82, 2.24) is 5.32 Å². The summed E-state index contributed by atoms with van der Waals surface area (Å²) in [6, 6.07) is 12.8. The van der Waals surface area contributed by atoms with Crippen LogP contribution in [0, 0.1) is 6.92 Å². The van der Waals surface area contributed by atoms with Gasteiger partial charge in [-0.15, -0.1) is 0 Å². The minimum Gasteiger partial charge on any atom is -0.491 e. The first-order valence-electron chi connectivity index (χ1n) is 7.50. The maximum atomic E-state index is 11.9. The molecule has 0 fully saturated rings. The zero-order valence-electron chi connectivity index (χ0n) is 13.5. The zero-order chi connectivity index (χ0) is 17.5. The summed E-state index contributed by atoms with van der Waals surface area (Å²) in [7, 11) is 0. The van der Waals surface area contributed by atoms with E-state index in [1.807, 2.05) is 38.1 Å². The molecule has 0 aliphatic rings. The van der Waals surface area contributed by atoms with Crippen molar-refractivity contribution in [2.24, 2.45) is 0 Å². The second kappa shape index (κ2) is 8.94. The topological polar surface area (TPSA) is 47.6 Å². The summed E-state index contributed by atoms with van der Waals surface area (Å²) in [4.78, 5) is 11.9. The van der Waals surface area contributed by atoms with Crippen LogP contribution in [0.3, 0.4) is 0 Å². The molecule has 6 heteroatoms. The van der Waals surface area contributed by atoms with Gasteiger partial charge in [0.2, 0.25) is 0 Å². The Balaban J connectivity index is 1.74. The van der Waals surface area contributed by atoms with Gasteiger partial charge in [0.25, 0.3) is 5.91 Å². The lowest BCUT2D eigenvalue weighted by molar-refractivity contribution is -0.123. The molecule has 0 aliphatic carbocycles. The van der Waals surface area contributed by atoms with Gasteiger partial charge in [-0.1, -0.05) is 29.3 Å². The average molecular weight is 413 g/mol. The summed E-state index contributed by atoms with van der Waals surface area (Å²) >= 11 is 9.21. The van der Waals surface area contributed by atoms with Crippen LogP contribution in [0.1, 0.15) is 12.5 Å². The predicted molar refractivity (Wildman–Crippen MR) is 98.9 cm³/mol. The Bertz CT molecular complexity index is 691. The van der Waals surface area contributed by atoms with Crippen LogP contribution in [0.15, 0.2) is 46.9 Å². The lowest BCUT2D eigenvalue weighted by atomic mass is 10.2. The molecule has 0 heterocycles. The molecule has 0 aliphatic heterocycles. The minimum atomic E-state index is -0.211. The fraction of sp³-hybridized carbons (Fsp3) is 0.278. The van der Waals surface area contributed by atoms with Gasteiger partial charge in [0, 0.05) is 5.02 Å². The molecule has 2 aromatic rings. The summed E-state index contributed by atoms with van der Waals surface area (Å²) in [5.41, 5.74) is 1.18. The SMILES string of the molecule is Cc1ccc(OC[C@@H](C)NC(=O)COc2ccc(Cl)cc2Br)cc1. The fourth-order valence-electron chi connectivity index (χ4n) is 1.95. The molecule has 0 bridgehead atoms. The highest BCUT2D eigenvalue weighted by Gasteiger charge is 2.10. The number of ether oxygens (including phenoxy) is 2. The van der Waals surface area contributed by atoms with Crippen molar-refractivity contribution in [2.75, 3.05) is 13.2 Å². The molecule has 1 atom stereocenters. The molecule has 0 radical (unpaired) electrons. The molecule has 1 N–H and O–H groups in total. The zero-order valence-corrected chi connectivity index (χ0v) is 15.9. The van der Waals surface area contributed by atoms with Crippen molar-refractivity contribution in [1.29, 1.82) is 0 Å². The predicted octanol–water partition coefficient (Wildman–Crippen LogP) is 4.37. The highest BCUT2D eigenvalue weighted by Crippen LogP contribution is 2.27. The maximum Gasteiger partial charge on any atom is 0.258 e. The maximum absolute atomic E-state index is 11.9. The van der Waals surface area contributed by atoms with Crippen molar-refractivity contribution in [3.05, 3.63) is 57.5 Å². The number of nitrogens with one attached hydrogen (secondary N) is 1. The minimum absolute atomic E-state index is 0.0743. The van der Waals surface area contributed by atoms with Crippen molar-refractivity contribution < 1.29 is 14.3 Å². The monoisotopic (exact) mass is 411 g/mol. The van der Waals surface area contributed by atoms with Crippen molar-refractivity contribution in [3.63, 3.8) is 0 Å². The van der Waals surface area contributed by atoms with E-state index in [0.29, 0.717) is 21.9 Å². The van der Waals surface area contributed by atoms with Crippen LogP contribution in [-0.2, 0) is 4.79 Å². The molecule has 0 spiro atoms. The Morgan fingerprint density at radius 2 is 1.92 bits per heavy atom. The summed E-state index contributed by atoms with van der Waals surface area (Å²) in [6.07, 6.45) is 0. The van der Waals surface area contributed by atoms with Gasteiger partial charge in [-0.25, -0.2) is 0 Å². The number of halogens is 2. The van der Waals surface area contributed by atoms with Crippen LogP contribution >= 0.6 is 27.5 Å².